The molecule has 1 unspecified atom stereocenters. The maximum absolute atomic E-state index is 14.3. The fraction of sp³-hybridized carbons (Fsp3) is 0.208. The number of nitrogens with zero attached hydrogens (tertiary/aromatic N) is 1. The number of pyridine rings is 2. The molecule has 0 saturated carbocycles. The van der Waals surface area contributed by atoms with E-state index in [2.05, 4.69) is 4.98 Å². The number of rotatable bonds is 4. The predicted octanol–water partition coefficient (Wildman–Crippen LogP) is 3.87. The van der Waals surface area contributed by atoms with E-state index >= 15 is 0 Å². The number of halogens is 3. The molecule has 0 bridgehead atoms. The molecule has 0 radical (unpaired) electrons. The van der Waals surface area contributed by atoms with E-state index in [0.29, 0.717) is 5.56 Å². The molecule has 0 fully saturated rings. The lowest BCUT2D eigenvalue weighted by molar-refractivity contribution is -0.240. The smallest absolute Gasteiger partial charge is 0.434 e. The van der Waals surface area contributed by atoms with Gasteiger partial charge in [0.1, 0.15) is 5.75 Å². The van der Waals surface area contributed by atoms with E-state index in [1.807, 2.05) is 0 Å². The van der Waals surface area contributed by atoms with E-state index in [1.54, 1.807) is 31.3 Å². The standard InChI is InChI=1S/C19H16F3NO4.C5H5NO/c1-2-12-13-7-3-4-8-14(13)27-18(19(20,21)22,16(12)17(25)26)11-23-10-6-5-9-15(23)24;7-5-3-1-2-4-6-5/h3-10H,2,11H2,1H3,(H,25,26);1-4H,(H,6,7). The zero-order chi connectivity index (χ0) is 24.9. The third-order valence-corrected chi connectivity index (χ3v) is 5.20. The zero-order valence-electron chi connectivity index (χ0n) is 18.0. The third-order valence-electron chi connectivity index (χ3n) is 5.20. The summed E-state index contributed by atoms with van der Waals surface area (Å²) in [5, 5.41) is 9.69. The summed E-state index contributed by atoms with van der Waals surface area (Å²) in [7, 11) is 0. The first-order chi connectivity index (χ1) is 16.1. The van der Waals surface area contributed by atoms with Gasteiger partial charge in [-0.15, -0.1) is 0 Å². The SMILES string of the molecule is CCC1=C(C(=O)O)C(Cn2ccccc2=O)(C(F)(F)F)Oc2ccccc21.O=c1cccc[nH]1. The average Bonchev–Trinajstić information content (AvgIpc) is 2.79. The molecule has 34 heavy (non-hydrogen) atoms. The van der Waals surface area contributed by atoms with Crippen molar-refractivity contribution in [3.8, 4) is 5.75 Å². The predicted molar refractivity (Wildman–Crippen MR) is 118 cm³/mol. The number of fused-ring (bicyclic) bond motifs is 1. The highest BCUT2D eigenvalue weighted by atomic mass is 19.4. The number of carboxylic acids is 1. The Balaban J connectivity index is 0.000000396. The lowest BCUT2D eigenvalue weighted by Gasteiger charge is -2.41. The number of benzene rings is 1. The number of aromatic amines is 1. The van der Waals surface area contributed by atoms with E-state index < -0.39 is 35.4 Å². The average molecular weight is 474 g/mol. The van der Waals surface area contributed by atoms with Crippen LogP contribution in [0.25, 0.3) is 5.57 Å². The van der Waals surface area contributed by atoms with Crippen molar-refractivity contribution in [1.29, 1.82) is 0 Å². The van der Waals surface area contributed by atoms with Gasteiger partial charge in [0.25, 0.3) is 11.2 Å². The van der Waals surface area contributed by atoms with E-state index in [1.165, 1.54) is 42.6 Å². The van der Waals surface area contributed by atoms with Gasteiger partial charge in [-0.05, 0) is 30.2 Å². The summed E-state index contributed by atoms with van der Waals surface area (Å²) < 4.78 is 49.0. The van der Waals surface area contributed by atoms with Crippen LogP contribution in [0.4, 0.5) is 13.2 Å². The number of allylic oxidation sites excluding steroid dienone is 1. The molecule has 10 heteroatoms. The van der Waals surface area contributed by atoms with Gasteiger partial charge >= 0.3 is 12.1 Å². The molecule has 178 valence electrons. The summed E-state index contributed by atoms with van der Waals surface area (Å²) in [6.45, 7) is 0.575. The van der Waals surface area contributed by atoms with Crippen LogP contribution in [0.1, 0.15) is 18.9 Å². The quantitative estimate of drug-likeness (QED) is 0.598. The molecule has 0 amide bonds. The Morgan fingerprint density at radius 1 is 1.06 bits per heavy atom. The lowest BCUT2D eigenvalue weighted by atomic mass is 9.81. The molecule has 3 aromatic rings. The number of nitrogens with one attached hydrogen (secondary N) is 1. The van der Waals surface area contributed by atoms with Crippen molar-refractivity contribution >= 4 is 11.5 Å². The molecule has 2 aromatic heterocycles. The minimum absolute atomic E-state index is 0.0330. The Morgan fingerprint density at radius 3 is 2.26 bits per heavy atom. The summed E-state index contributed by atoms with van der Waals surface area (Å²) in [4.78, 5) is 36.6. The molecule has 1 aliphatic rings. The van der Waals surface area contributed by atoms with Gasteiger partial charge in [0.2, 0.25) is 5.56 Å². The molecule has 1 atom stereocenters. The maximum atomic E-state index is 14.3. The van der Waals surface area contributed by atoms with E-state index in [-0.39, 0.29) is 23.3 Å². The maximum Gasteiger partial charge on any atom is 0.434 e. The fourth-order valence-electron chi connectivity index (χ4n) is 3.70. The van der Waals surface area contributed by atoms with Gasteiger partial charge in [0.05, 0.1) is 12.1 Å². The van der Waals surface area contributed by atoms with Gasteiger partial charge in [0, 0.05) is 30.1 Å². The number of ether oxygens (including phenoxy) is 1. The van der Waals surface area contributed by atoms with Crippen LogP contribution in [-0.2, 0) is 11.3 Å². The van der Waals surface area contributed by atoms with Gasteiger partial charge in [0.15, 0.2) is 0 Å². The highest BCUT2D eigenvalue weighted by molar-refractivity contribution is 6.00. The Morgan fingerprint density at radius 2 is 1.74 bits per heavy atom. The summed E-state index contributed by atoms with van der Waals surface area (Å²) >= 11 is 0. The number of H-pyrrole nitrogens is 1. The second-order valence-electron chi connectivity index (χ2n) is 7.33. The van der Waals surface area contributed by atoms with Gasteiger partial charge < -0.3 is 19.4 Å². The van der Waals surface area contributed by atoms with Crippen molar-refractivity contribution in [2.45, 2.75) is 31.7 Å². The van der Waals surface area contributed by atoms with Crippen LogP contribution in [0.5, 0.6) is 5.75 Å². The van der Waals surface area contributed by atoms with Gasteiger partial charge in [-0.3, -0.25) is 9.59 Å². The molecule has 0 aliphatic carbocycles. The second-order valence-corrected chi connectivity index (χ2v) is 7.33. The molecule has 0 spiro atoms. The lowest BCUT2D eigenvalue weighted by Crippen LogP contribution is -2.59. The first-order valence-electron chi connectivity index (χ1n) is 10.2. The van der Waals surface area contributed by atoms with Crippen LogP contribution < -0.4 is 15.9 Å². The highest BCUT2D eigenvalue weighted by Gasteiger charge is 2.64. The molecule has 2 N–H and O–H groups in total. The topological polar surface area (TPSA) is 101 Å². The highest BCUT2D eigenvalue weighted by Crippen LogP contribution is 2.50. The molecule has 7 nitrogen and oxygen atoms in total. The van der Waals surface area contributed by atoms with Gasteiger partial charge in [-0.2, -0.15) is 13.2 Å². The Labute approximate surface area is 191 Å². The van der Waals surface area contributed by atoms with Crippen molar-refractivity contribution in [2.24, 2.45) is 0 Å². The number of para-hydroxylation sites is 1. The van der Waals surface area contributed by atoms with Gasteiger partial charge in [-0.25, -0.2) is 4.79 Å². The Bertz CT molecular complexity index is 1310. The van der Waals surface area contributed by atoms with Crippen molar-refractivity contribution in [2.75, 3.05) is 0 Å². The Kier molecular flexibility index (Phi) is 7.09. The van der Waals surface area contributed by atoms with E-state index in [4.69, 9.17) is 4.74 Å². The molecule has 0 saturated heterocycles. The zero-order valence-corrected chi connectivity index (χ0v) is 18.0. The second kappa shape index (κ2) is 9.82. The summed E-state index contributed by atoms with van der Waals surface area (Å²) in [5.41, 5.74) is -4.49. The van der Waals surface area contributed by atoms with Crippen molar-refractivity contribution < 1.29 is 27.8 Å². The molecular weight excluding hydrogens is 453 g/mol. The van der Waals surface area contributed by atoms with Gasteiger partial charge in [-0.1, -0.05) is 37.3 Å². The van der Waals surface area contributed by atoms with Crippen LogP contribution in [-0.4, -0.2) is 32.4 Å². The molecule has 1 aliphatic heterocycles. The van der Waals surface area contributed by atoms with Crippen LogP contribution in [0.15, 0.2) is 88.2 Å². The van der Waals surface area contributed by atoms with Crippen LogP contribution in [0.2, 0.25) is 0 Å². The van der Waals surface area contributed by atoms with Crippen LogP contribution in [0, 0.1) is 0 Å². The van der Waals surface area contributed by atoms with Crippen LogP contribution >= 0.6 is 0 Å². The summed E-state index contributed by atoms with van der Waals surface area (Å²) in [6, 6.07) is 14.8. The summed E-state index contributed by atoms with van der Waals surface area (Å²) in [5.74, 6) is -1.80. The minimum Gasteiger partial charge on any atom is -0.478 e. The molecular formula is C24H21F3N2O5. The van der Waals surface area contributed by atoms with E-state index in [0.717, 1.165) is 10.6 Å². The van der Waals surface area contributed by atoms with Crippen molar-refractivity contribution in [3.05, 3.63) is 105 Å². The first-order valence-corrected chi connectivity index (χ1v) is 10.2. The molecule has 3 heterocycles. The van der Waals surface area contributed by atoms with Crippen molar-refractivity contribution in [3.63, 3.8) is 0 Å². The van der Waals surface area contributed by atoms with Crippen LogP contribution in [0.3, 0.4) is 0 Å². The normalized spacial score (nSPS) is 17.2. The molecule has 4 rings (SSSR count). The minimum atomic E-state index is -5.08. The number of carboxylic acid groups (broad SMARTS) is 1. The fourth-order valence-corrected chi connectivity index (χ4v) is 3.70. The number of hydrogen-bond donors (Lipinski definition) is 2. The summed E-state index contributed by atoms with van der Waals surface area (Å²) in [6.07, 6.45) is -2.25. The number of carbonyl (C=O) groups is 1. The first kappa shape index (κ1) is 24.6. The number of hydrogen-bond acceptors (Lipinski definition) is 4. The third kappa shape index (κ3) is 4.80. The molecule has 1 aromatic carbocycles. The number of aromatic nitrogens is 2. The number of alkyl halides is 3. The Hall–Kier alpha value is -4.08. The number of aliphatic carboxylic acids is 1. The largest absolute Gasteiger partial charge is 0.478 e. The van der Waals surface area contributed by atoms with E-state index in [9.17, 15) is 32.7 Å². The monoisotopic (exact) mass is 474 g/mol. The van der Waals surface area contributed by atoms with Crippen molar-refractivity contribution in [1.82, 2.24) is 9.55 Å².